The van der Waals surface area contributed by atoms with Crippen molar-refractivity contribution in [2.24, 2.45) is 0 Å². The molecule has 0 aromatic heterocycles. The first kappa shape index (κ1) is 20.3. The van der Waals surface area contributed by atoms with Crippen molar-refractivity contribution in [2.45, 2.75) is 32.6 Å². The van der Waals surface area contributed by atoms with Crippen molar-refractivity contribution in [2.75, 3.05) is 42.9 Å². The Kier molecular flexibility index (Phi) is 6.35. The number of nitrogens with zero attached hydrogens (tertiary/aromatic N) is 2. The summed E-state index contributed by atoms with van der Waals surface area (Å²) in [6, 6.07) is 14.7. The number of nitrogens with one attached hydrogen (secondary N) is 1. The molecule has 0 spiro atoms. The molecular weight excluding hydrogens is 353 g/mol. The molecular formula is C23H30FN3O. The van der Waals surface area contributed by atoms with Crippen LogP contribution in [0.25, 0.3) is 0 Å². The van der Waals surface area contributed by atoms with E-state index >= 15 is 0 Å². The van der Waals surface area contributed by atoms with Gasteiger partial charge in [-0.25, -0.2) is 4.39 Å². The summed E-state index contributed by atoms with van der Waals surface area (Å²) < 4.78 is 13.1. The number of benzene rings is 2. The molecule has 0 bridgehead atoms. The monoisotopic (exact) mass is 383 g/mol. The van der Waals surface area contributed by atoms with Gasteiger partial charge in [0, 0.05) is 50.5 Å². The third-order valence-corrected chi connectivity index (χ3v) is 5.23. The minimum atomic E-state index is -0.207. The van der Waals surface area contributed by atoms with Crippen LogP contribution in [0, 0.1) is 5.82 Å². The number of piperazine rings is 1. The summed E-state index contributed by atoms with van der Waals surface area (Å²) in [5, 5.41) is 3.09. The molecule has 1 saturated heterocycles. The van der Waals surface area contributed by atoms with Crippen molar-refractivity contribution in [3.63, 3.8) is 0 Å². The Hall–Kier alpha value is -2.40. The molecule has 0 aliphatic carbocycles. The number of rotatable bonds is 5. The van der Waals surface area contributed by atoms with Gasteiger partial charge in [-0.1, -0.05) is 39.0 Å². The van der Waals surface area contributed by atoms with Crippen LogP contribution >= 0.6 is 0 Å². The standard InChI is InChI=1S/C23H30FN3O/c1-23(2,3)20-6-4-5-7-21(20)25-22(28)12-13-26-14-16-27(17-15-26)19-10-8-18(24)9-11-19/h4-11H,12-17H2,1-3H3,(H,25,28). The lowest BCUT2D eigenvalue weighted by molar-refractivity contribution is -0.116. The van der Waals surface area contributed by atoms with Crippen molar-refractivity contribution in [1.82, 2.24) is 4.90 Å². The van der Waals surface area contributed by atoms with Crippen LogP contribution in [0.4, 0.5) is 15.8 Å². The highest BCUT2D eigenvalue weighted by molar-refractivity contribution is 5.91. The molecule has 5 heteroatoms. The number of anilines is 2. The Morgan fingerprint density at radius 1 is 1.00 bits per heavy atom. The summed E-state index contributed by atoms with van der Waals surface area (Å²) in [7, 11) is 0. The molecule has 1 fully saturated rings. The van der Waals surface area contributed by atoms with Gasteiger partial charge < -0.3 is 10.2 Å². The lowest BCUT2D eigenvalue weighted by Gasteiger charge is -2.36. The molecule has 1 N–H and O–H groups in total. The van der Waals surface area contributed by atoms with Crippen LogP contribution in [0.15, 0.2) is 48.5 Å². The maximum absolute atomic E-state index is 13.1. The number of hydrogen-bond acceptors (Lipinski definition) is 3. The maximum Gasteiger partial charge on any atom is 0.225 e. The first-order valence-corrected chi connectivity index (χ1v) is 9.95. The second-order valence-corrected chi connectivity index (χ2v) is 8.40. The summed E-state index contributed by atoms with van der Waals surface area (Å²) in [6.45, 7) is 10.8. The molecule has 0 atom stereocenters. The van der Waals surface area contributed by atoms with E-state index < -0.39 is 0 Å². The minimum absolute atomic E-state index is 0.0133. The highest BCUT2D eigenvalue weighted by Gasteiger charge is 2.20. The fraction of sp³-hybridized carbons (Fsp3) is 0.435. The SMILES string of the molecule is CC(C)(C)c1ccccc1NC(=O)CCN1CCN(c2ccc(F)cc2)CC1. The molecule has 0 radical (unpaired) electrons. The Morgan fingerprint density at radius 2 is 1.64 bits per heavy atom. The van der Waals surface area contributed by atoms with Crippen LogP contribution < -0.4 is 10.2 Å². The van der Waals surface area contributed by atoms with E-state index in [4.69, 9.17) is 0 Å². The molecule has 2 aromatic carbocycles. The molecule has 4 nitrogen and oxygen atoms in total. The largest absolute Gasteiger partial charge is 0.369 e. The van der Waals surface area contributed by atoms with Gasteiger partial charge in [0.15, 0.2) is 0 Å². The molecule has 1 aliphatic heterocycles. The van der Waals surface area contributed by atoms with Crippen molar-refractivity contribution in [1.29, 1.82) is 0 Å². The second-order valence-electron chi connectivity index (χ2n) is 8.40. The van der Waals surface area contributed by atoms with Gasteiger partial charge >= 0.3 is 0 Å². The quantitative estimate of drug-likeness (QED) is 0.837. The van der Waals surface area contributed by atoms with Gasteiger partial charge in [0.1, 0.15) is 5.82 Å². The molecule has 1 amide bonds. The highest BCUT2D eigenvalue weighted by Crippen LogP contribution is 2.29. The first-order valence-electron chi connectivity index (χ1n) is 9.95. The van der Waals surface area contributed by atoms with Gasteiger partial charge in [-0.05, 0) is 41.3 Å². The van der Waals surface area contributed by atoms with Crippen LogP contribution in [-0.4, -0.2) is 43.5 Å². The molecule has 150 valence electrons. The molecule has 28 heavy (non-hydrogen) atoms. The summed E-state index contributed by atoms with van der Waals surface area (Å²) in [6.07, 6.45) is 0.481. The van der Waals surface area contributed by atoms with Crippen molar-refractivity contribution in [3.8, 4) is 0 Å². The highest BCUT2D eigenvalue weighted by atomic mass is 19.1. The normalized spacial score (nSPS) is 15.5. The zero-order chi connectivity index (χ0) is 20.1. The Bertz CT molecular complexity index is 790. The van der Waals surface area contributed by atoms with Gasteiger partial charge in [0.05, 0.1) is 0 Å². The minimum Gasteiger partial charge on any atom is -0.369 e. The van der Waals surface area contributed by atoms with Gasteiger partial charge in [-0.15, -0.1) is 0 Å². The molecule has 0 saturated carbocycles. The average Bonchev–Trinajstić information content (AvgIpc) is 2.67. The Morgan fingerprint density at radius 3 is 2.29 bits per heavy atom. The summed E-state index contributed by atoms with van der Waals surface area (Å²) in [5.41, 5.74) is 3.09. The predicted octanol–water partition coefficient (Wildman–Crippen LogP) is 4.27. The molecule has 1 heterocycles. The molecule has 2 aromatic rings. The number of carbonyl (C=O) groups excluding carboxylic acids is 1. The first-order chi connectivity index (χ1) is 13.3. The van der Waals surface area contributed by atoms with Gasteiger partial charge in [0.2, 0.25) is 5.91 Å². The van der Waals surface area contributed by atoms with E-state index in [0.29, 0.717) is 6.42 Å². The van der Waals surface area contributed by atoms with E-state index in [-0.39, 0.29) is 17.1 Å². The summed E-state index contributed by atoms with van der Waals surface area (Å²) in [4.78, 5) is 17.0. The van der Waals surface area contributed by atoms with Gasteiger partial charge in [-0.3, -0.25) is 9.69 Å². The Balaban J connectivity index is 1.47. The van der Waals surface area contributed by atoms with Crippen LogP contribution in [0.2, 0.25) is 0 Å². The fourth-order valence-electron chi connectivity index (χ4n) is 3.60. The van der Waals surface area contributed by atoms with E-state index in [2.05, 4.69) is 42.0 Å². The van der Waals surface area contributed by atoms with Crippen LogP contribution in [0.3, 0.4) is 0 Å². The lowest BCUT2D eigenvalue weighted by Crippen LogP contribution is -2.47. The topological polar surface area (TPSA) is 35.6 Å². The smallest absolute Gasteiger partial charge is 0.225 e. The predicted molar refractivity (Wildman–Crippen MR) is 113 cm³/mol. The van der Waals surface area contributed by atoms with Crippen LogP contribution in [-0.2, 0) is 10.2 Å². The Labute approximate surface area is 167 Å². The van der Waals surface area contributed by atoms with Crippen LogP contribution in [0.1, 0.15) is 32.8 Å². The van der Waals surface area contributed by atoms with Gasteiger partial charge in [0.25, 0.3) is 0 Å². The lowest BCUT2D eigenvalue weighted by atomic mass is 9.86. The number of carbonyl (C=O) groups is 1. The zero-order valence-electron chi connectivity index (χ0n) is 17.0. The van der Waals surface area contributed by atoms with Gasteiger partial charge in [-0.2, -0.15) is 0 Å². The maximum atomic E-state index is 13.1. The summed E-state index contributed by atoms with van der Waals surface area (Å²) in [5.74, 6) is -0.154. The third kappa shape index (κ3) is 5.32. The average molecular weight is 384 g/mol. The van der Waals surface area contributed by atoms with Crippen molar-refractivity contribution in [3.05, 3.63) is 59.9 Å². The third-order valence-electron chi connectivity index (χ3n) is 5.23. The van der Waals surface area contributed by atoms with E-state index in [0.717, 1.165) is 49.7 Å². The van der Waals surface area contributed by atoms with E-state index in [9.17, 15) is 9.18 Å². The number of hydrogen-bond donors (Lipinski definition) is 1. The molecule has 0 unspecified atom stereocenters. The zero-order valence-corrected chi connectivity index (χ0v) is 17.0. The van der Waals surface area contributed by atoms with E-state index in [1.54, 1.807) is 0 Å². The summed E-state index contributed by atoms with van der Waals surface area (Å²) >= 11 is 0. The second kappa shape index (κ2) is 8.74. The van der Waals surface area contributed by atoms with Crippen molar-refractivity contribution < 1.29 is 9.18 Å². The van der Waals surface area contributed by atoms with Crippen LogP contribution in [0.5, 0.6) is 0 Å². The number of halogens is 1. The van der Waals surface area contributed by atoms with Crippen molar-refractivity contribution >= 4 is 17.3 Å². The van der Waals surface area contributed by atoms with E-state index in [1.165, 1.54) is 12.1 Å². The molecule has 3 rings (SSSR count). The number of para-hydroxylation sites is 1. The van der Waals surface area contributed by atoms with E-state index in [1.807, 2.05) is 30.3 Å². The number of amides is 1. The molecule has 1 aliphatic rings. The fourth-order valence-corrected chi connectivity index (χ4v) is 3.60.